The molecular weight excluding hydrogens is 370 g/mol. The highest BCUT2D eigenvalue weighted by molar-refractivity contribution is 8.00. The summed E-state index contributed by atoms with van der Waals surface area (Å²) >= 11 is 1.53. The normalized spacial score (nSPS) is 16.9. The van der Waals surface area contributed by atoms with Crippen molar-refractivity contribution in [2.75, 3.05) is 6.61 Å². The van der Waals surface area contributed by atoms with Gasteiger partial charge in [-0.25, -0.2) is 0 Å². The minimum Gasteiger partial charge on any atom is -0.494 e. The summed E-state index contributed by atoms with van der Waals surface area (Å²) < 4.78 is 7.61. The van der Waals surface area contributed by atoms with E-state index in [0.717, 1.165) is 47.2 Å². The monoisotopic (exact) mass is 393 g/mol. The Labute approximate surface area is 169 Å². The van der Waals surface area contributed by atoms with Crippen LogP contribution < -0.4 is 4.74 Å². The second kappa shape index (κ2) is 8.61. The number of ketones is 1. The Morgan fingerprint density at radius 3 is 2.57 bits per heavy atom. The SMILES string of the molecule is CCOc1ccc(-n2c(S[C@@H]3CCCCC3=O)nnc2-c2ccccc2)cc1. The molecule has 1 aromatic heterocycles. The lowest BCUT2D eigenvalue weighted by molar-refractivity contribution is -0.119. The van der Waals surface area contributed by atoms with E-state index in [0.29, 0.717) is 18.8 Å². The Hall–Kier alpha value is -2.60. The number of carbonyl (C=O) groups is 1. The number of thioether (sulfide) groups is 1. The molecule has 0 bridgehead atoms. The first-order chi connectivity index (χ1) is 13.8. The maximum absolute atomic E-state index is 12.3. The van der Waals surface area contributed by atoms with E-state index in [1.807, 2.05) is 66.1 Å². The molecule has 3 aromatic rings. The summed E-state index contributed by atoms with van der Waals surface area (Å²) in [5, 5.41) is 9.62. The molecule has 1 atom stereocenters. The fraction of sp³-hybridized carbons (Fsp3) is 0.318. The van der Waals surface area contributed by atoms with E-state index in [1.165, 1.54) is 11.8 Å². The van der Waals surface area contributed by atoms with Crippen molar-refractivity contribution < 1.29 is 9.53 Å². The van der Waals surface area contributed by atoms with Gasteiger partial charge in [0, 0.05) is 17.7 Å². The summed E-state index contributed by atoms with van der Waals surface area (Å²) in [6.45, 7) is 2.60. The number of aromatic nitrogens is 3. The molecule has 5 nitrogen and oxygen atoms in total. The minimum atomic E-state index is -0.0389. The molecular formula is C22H23N3O2S. The van der Waals surface area contributed by atoms with Crippen LogP contribution in [0.25, 0.3) is 17.1 Å². The Kier molecular flexibility index (Phi) is 5.76. The van der Waals surface area contributed by atoms with E-state index in [-0.39, 0.29) is 5.25 Å². The smallest absolute Gasteiger partial charge is 0.196 e. The molecule has 0 amide bonds. The van der Waals surface area contributed by atoms with Gasteiger partial charge < -0.3 is 4.74 Å². The molecule has 1 heterocycles. The fourth-order valence-electron chi connectivity index (χ4n) is 3.41. The second-order valence-corrected chi connectivity index (χ2v) is 7.92. The van der Waals surface area contributed by atoms with Gasteiger partial charge in [0.2, 0.25) is 0 Å². The van der Waals surface area contributed by atoms with E-state index in [2.05, 4.69) is 10.2 Å². The van der Waals surface area contributed by atoms with Gasteiger partial charge in [0.05, 0.1) is 11.9 Å². The van der Waals surface area contributed by atoms with Crippen molar-refractivity contribution in [3.05, 3.63) is 54.6 Å². The highest BCUT2D eigenvalue weighted by atomic mass is 32.2. The van der Waals surface area contributed by atoms with Crippen LogP contribution in [0.5, 0.6) is 5.75 Å². The maximum atomic E-state index is 12.3. The van der Waals surface area contributed by atoms with Gasteiger partial charge in [-0.05, 0) is 44.0 Å². The van der Waals surface area contributed by atoms with Crippen molar-refractivity contribution in [3.63, 3.8) is 0 Å². The van der Waals surface area contributed by atoms with Crippen LogP contribution in [-0.2, 0) is 4.79 Å². The van der Waals surface area contributed by atoms with Gasteiger partial charge in [-0.3, -0.25) is 9.36 Å². The lowest BCUT2D eigenvalue weighted by Gasteiger charge is -2.20. The lowest BCUT2D eigenvalue weighted by atomic mass is 9.99. The summed E-state index contributed by atoms with van der Waals surface area (Å²) in [4.78, 5) is 12.3. The van der Waals surface area contributed by atoms with Crippen molar-refractivity contribution in [2.45, 2.75) is 43.0 Å². The third-order valence-corrected chi connectivity index (χ3v) is 6.08. The first-order valence-electron chi connectivity index (χ1n) is 9.69. The maximum Gasteiger partial charge on any atom is 0.196 e. The first kappa shape index (κ1) is 18.7. The van der Waals surface area contributed by atoms with Gasteiger partial charge in [0.15, 0.2) is 11.0 Å². The lowest BCUT2D eigenvalue weighted by Crippen LogP contribution is -2.21. The van der Waals surface area contributed by atoms with E-state index in [4.69, 9.17) is 4.74 Å². The molecule has 1 aliphatic rings. The van der Waals surface area contributed by atoms with Crippen LogP contribution in [0.1, 0.15) is 32.6 Å². The summed E-state index contributed by atoms with van der Waals surface area (Å²) in [6, 6.07) is 17.9. The quantitative estimate of drug-likeness (QED) is 0.594. The Balaban J connectivity index is 1.74. The molecule has 1 fully saturated rings. The molecule has 144 valence electrons. The van der Waals surface area contributed by atoms with E-state index >= 15 is 0 Å². The van der Waals surface area contributed by atoms with Gasteiger partial charge in [-0.15, -0.1) is 10.2 Å². The molecule has 2 aromatic carbocycles. The van der Waals surface area contributed by atoms with E-state index in [1.54, 1.807) is 0 Å². The first-order valence-corrected chi connectivity index (χ1v) is 10.6. The molecule has 0 unspecified atom stereocenters. The number of Topliss-reactive ketones (excluding diaryl/α,β-unsaturated/α-hetero) is 1. The average Bonchev–Trinajstić information content (AvgIpc) is 3.15. The zero-order valence-corrected chi connectivity index (χ0v) is 16.7. The van der Waals surface area contributed by atoms with Crippen LogP contribution in [0.2, 0.25) is 0 Å². The van der Waals surface area contributed by atoms with Crippen molar-refractivity contribution in [2.24, 2.45) is 0 Å². The summed E-state index contributed by atoms with van der Waals surface area (Å²) in [5.41, 5.74) is 1.95. The summed E-state index contributed by atoms with van der Waals surface area (Å²) in [6.07, 6.45) is 3.66. The van der Waals surface area contributed by atoms with Gasteiger partial charge in [0.1, 0.15) is 11.5 Å². The number of nitrogens with zero attached hydrogens (tertiary/aromatic N) is 3. The van der Waals surface area contributed by atoms with Gasteiger partial charge >= 0.3 is 0 Å². The number of benzene rings is 2. The van der Waals surface area contributed by atoms with Crippen LogP contribution in [0, 0.1) is 0 Å². The van der Waals surface area contributed by atoms with E-state index in [9.17, 15) is 4.79 Å². The van der Waals surface area contributed by atoms with Gasteiger partial charge in [0.25, 0.3) is 0 Å². The van der Waals surface area contributed by atoms with Crippen LogP contribution in [0.15, 0.2) is 59.8 Å². The summed E-state index contributed by atoms with van der Waals surface area (Å²) in [7, 11) is 0. The largest absolute Gasteiger partial charge is 0.494 e. The highest BCUT2D eigenvalue weighted by Gasteiger charge is 2.27. The zero-order valence-electron chi connectivity index (χ0n) is 15.9. The van der Waals surface area contributed by atoms with Crippen LogP contribution in [0.3, 0.4) is 0 Å². The molecule has 0 saturated heterocycles. The number of hydrogen-bond donors (Lipinski definition) is 0. The molecule has 6 heteroatoms. The molecule has 1 saturated carbocycles. The second-order valence-electron chi connectivity index (χ2n) is 6.75. The van der Waals surface area contributed by atoms with Crippen molar-refractivity contribution >= 4 is 17.5 Å². The van der Waals surface area contributed by atoms with Crippen molar-refractivity contribution in [3.8, 4) is 22.8 Å². The number of rotatable bonds is 6. The topological polar surface area (TPSA) is 57.0 Å². The Bertz CT molecular complexity index is 938. The molecule has 0 spiro atoms. The molecule has 28 heavy (non-hydrogen) atoms. The zero-order chi connectivity index (χ0) is 19.3. The third kappa shape index (κ3) is 3.97. The molecule has 0 aliphatic heterocycles. The average molecular weight is 394 g/mol. The predicted octanol–water partition coefficient (Wildman–Crippen LogP) is 4.94. The van der Waals surface area contributed by atoms with E-state index < -0.39 is 0 Å². The van der Waals surface area contributed by atoms with Gasteiger partial charge in [-0.2, -0.15) is 0 Å². The standard InChI is InChI=1S/C22H23N3O2S/c1-2-27-18-14-12-17(13-15-18)25-21(16-8-4-3-5-9-16)23-24-22(25)28-20-11-7-6-10-19(20)26/h3-5,8-9,12-15,20H,2,6-7,10-11H2,1H3/t20-/m1/s1. The Morgan fingerprint density at radius 1 is 1.07 bits per heavy atom. The highest BCUT2D eigenvalue weighted by Crippen LogP contribution is 2.34. The number of ether oxygens (including phenoxy) is 1. The minimum absolute atomic E-state index is 0.0389. The molecule has 0 radical (unpaired) electrons. The van der Waals surface area contributed by atoms with Crippen molar-refractivity contribution in [1.29, 1.82) is 0 Å². The number of hydrogen-bond acceptors (Lipinski definition) is 5. The molecule has 1 aliphatic carbocycles. The van der Waals surface area contributed by atoms with Crippen LogP contribution in [-0.4, -0.2) is 32.4 Å². The van der Waals surface area contributed by atoms with Crippen LogP contribution in [0.4, 0.5) is 0 Å². The molecule has 4 rings (SSSR count). The summed E-state index contributed by atoms with van der Waals surface area (Å²) in [5.74, 6) is 1.92. The van der Waals surface area contributed by atoms with Crippen LogP contribution >= 0.6 is 11.8 Å². The Morgan fingerprint density at radius 2 is 1.86 bits per heavy atom. The fourth-order valence-corrected chi connectivity index (χ4v) is 4.59. The van der Waals surface area contributed by atoms with Crippen molar-refractivity contribution in [1.82, 2.24) is 14.8 Å². The number of carbonyl (C=O) groups excluding carboxylic acids is 1. The molecule has 0 N–H and O–H groups in total. The third-order valence-electron chi connectivity index (χ3n) is 4.82. The predicted molar refractivity (Wildman–Crippen MR) is 111 cm³/mol. The van der Waals surface area contributed by atoms with Gasteiger partial charge in [-0.1, -0.05) is 48.5 Å².